The second-order valence-corrected chi connectivity index (χ2v) is 7.38. The summed E-state index contributed by atoms with van der Waals surface area (Å²) in [5.41, 5.74) is 2.31. The Morgan fingerprint density at radius 3 is 2.47 bits per heavy atom. The Kier molecular flexibility index (Phi) is 4.28. The van der Waals surface area contributed by atoms with Crippen LogP contribution in [0.5, 0.6) is 0 Å². The van der Waals surface area contributed by atoms with Gasteiger partial charge in [0.1, 0.15) is 0 Å². The molecule has 0 unspecified atom stereocenters. The van der Waals surface area contributed by atoms with Gasteiger partial charge in [-0.2, -0.15) is 0 Å². The molecule has 0 radical (unpaired) electrons. The first-order chi connectivity index (χ1) is 8.95. The highest BCUT2D eigenvalue weighted by atomic mass is 32.2. The van der Waals surface area contributed by atoms with E-state index >= 15 is 0 Å². The van der Waals surface area contributed by atoms with E-state index in [0.29, 0.717) is 10.9 Å². The molecule has 0 spiro atoms. The Morgan fingerprint density at radius 2 is 1.95 bits per heavy atom. The molecular formula is C14H22N2O2S. The lowest BCUT2D eigenvalue weighted by Gasteiger charge is -2.15. The minimum Gasteiger partial charge on any atom is -0.310 e. The van der Waals surface area contributed by atoms with Gasteiger partial charge >= 0.3 is 0 Å². The van der Waals surface area contributed by atoms with Gasteiger partial charge in [-0.15, -0.1) is 0 Å². The minimum absolute atomic E-state index is 0.377. The molecule has 1 N–H and O–H groups in total. The first-order valence-electron chi connectivity index (χ1n) is 6.73. The molecular weight excluding hydrogens is 260 g/mol. The van der Waals surface area contributed by atoms with Gasteiger partial charge in [-0.3, -0.25) is 0 Å². The fraction of sp³-hybridized carbons (Fsp3) is 0.571. The lowest BCUT2D eigenvalue weighted by molar-refractivity contribution is 0.520. The van der Waals surface area contributed by atoms with Gasteiger partial charge in [0.2, 0.25) is 10.0 Å². The summed E-state index contributed by atoms with van der Waals surface area (Å²) in [5.74, 6) is 0. The van der Waals surface area contributed by atoms with E-state index in [9.17, 15) is 8.42 Å². The van der Waals surface area contributed by atoms with E-state index in [1.165, 1.54) is 22.7 Å². The van der Waals surface area contributed by atoms with E-state index in [1.807, 2.05) is 12.1 Å². The summed E-state index contributed by atoms with van der Waals surface area (Å²) in [7, 11) is -0.220. The summed E-state index contributed by atoms with van der Waals surface area (Å²) >= 11 is 0. The van der Waals surface area contributed by atoms with Gasteiger partial charge in [0.15, 0.2) is 0 Å². The molecule has 0 amide bonds. The monoisotopic (exact) mass is 282 g/mol. The van der Waals surface area contributed by atoms with Gasteiger partial charge in [0.25, 0.3) is 0 Å². The zero-order valence-electron chi connectivity index (χ0n) is 11.8. The van der Waals surface area contributed by atoms with Crippen LogP contribution in [0.3, 0.4) is 0 Å². The van der Waals surface area contributed by atoms with Crippen molar-refractivity contribution in [1.29, 1.82) is 0 Å². The summed E-state index contributed by atoms with van der Waals surface area (Å²) in [4.78, 5) is 0.377. The van der Waals surface area contributed by atoms with Crippen molar-refractivity contribution in [2.75, 3.05) is 14.1 Å². The second kappa shape index (κ2) is 5.61. The van der Waals surface area contributed by atoms with Crippen LogP contribution in [0.2, 0.25) is 0 Å². The van der Waals surface area contributed by atoms with E-state index in [-0.39, 0.29) is 0 Å². The molecule has 0 atom stereocenters. The largest absolute Gasteiger partial charge is 0.310 e. The lowest BCUT2D eigenvalue weighted by atomic mass is 10.1. The lowest BCUT2D eigenvalue weighted by Crippen LogP contribution is -2.23. The normalized spacial score (nSPS) is 16.0. The van der Waals surface area contributed by atoms with Crippen molar-refractivity contribution >= 4 is 10.0 Å². The van der Waals surface area contributed by atoms with Crippen molar-refractivity contribution in [1.82, 2.24) is 9.62 Å². The summed E-state index contributed by atoms with van der Waals surface area (Å²) in [6.45, 7) is 2.85. The van der Waals surface area contributed by atoms with E-state index in [0.717, 1.165) is 18.5 Å². The van der Waals surface area contributed by atoms with Crippen LogP contribution in [-0.2, 0) is 23.0 Å². The number of aryl methyl sites for hydroxylation is 1. The molecule has 1 aromatic carbocycles. The van der Waals surface area contributed by atoms with Crippen molar-refractivity contribution < 1.29 is 8.42 Å². The van der Waals surface area contributed by atoms with Crippen LogP contribution in [0.1, 0.15) is 30.9 Å². The van der Waals surface area contributed by atoms with Crippen molar-refractivity contribution in [2.24, 2.45) is 0 Å². The highest BCUT2D eigenvalue weighted by Gasteiger charge is 2.22. The smallest absolute Gasteiger partial charge is 0.242 e. The summed E-state index contributed by atoms with van der Waals surface area (Å²) in [5, 5.41) is 3.45. The molecule has 0 aromatic heterocycles. The van der Waals surface area contributed by atoms with Crippen LogP contribution >= 0.6 is 0 Å². The predicted molar refractivity (Wildman–Crippen MR) is 76.6 cm³/mol. The fourth-order valence-electron chi connectivity index (χ4n) is 2.02. The Morgan fingerprint density at radius 1 is 1.26 bits per heavy atom. The first kappa shape index (κ1) is 14.5. The molecule has 106 valence electrons. The topological polar surface area (TPSA) is 49.4 Å². The summed E-state index contributed by atoms with van der Waals surface area (Å²) in [6.07, 6.45) is 3.39. The molecule has 2 rings (SSSR count). The molecule has 1 saturated carbocycles. The highest BCUT2D eigenvalue weighted by Crippen LogP contribution is 2.22. The zero-order valence-corrected chi connectivity index (χ0v) is 12.6. The number of sulfonamides is 1. The van der Waals surface area contributed by atoms with Crippen molar-refractivity contribution in [3.05, 3.63) is 29.3 Å². The second-order valence-electron chi connectivity index (χ2n) is 5.23. The van der Waals surface area contributed by atoms with Crippen molar-refractivity contribution in [3.63, 3.8) is 0 Å². The van der Waals surface area contributed by atoms with Gasteiger partial charge in [-0.05, 0) is 42.5 Å². The van der Waals surface area contributed by atoms with Crippen LogP contribution in [0.15, 0.2) is 23.1 Å². The molecule has 1 aromatic rings. The van der Waals surface area contributed by atoms with E-state index < -0.39 is 10.0 Å². The summed E-state index contributed by atoms with van der Waals surface area (Å²) in [6, 6.07) is 6.07. The minimum atomic E-state index is -3.34. The van der Waals surface area contributed by atoms with Gasteiger partial charge in [-0.1, -0.05) is 13.0 Å². The Labute approximate surface area is 115 Å². The third kappa shape index (κ3) is 3.35. The van der Waals surface area contributed by atoms with Crippen LogP contribution in [0.4, 0.5) is 0 Å². The average Bonchev–Trinajstić information content (AvgIpc) is 3.19. The molecule has 5 heteroatoms. The molecule has 19 heavy (non-hydrogen) atoms. The van der Waals surface area contributed by atoms with E-state index in [4.69, 9.17) is 0 Å². The van der Waals surface area contributed by atoms with Gasteiger partial charge < -0.3 is 5.32 Å². The Bertz CT molecular complexity index is 549. The maximum Gasteiger partial charge on any atom is 0.242 e. The molecule has 0 heterocycles. The third-order valence-electron chi connectivity index (χ3n) is 3.50. The van der Waals surface area contributed by atoms with Crippen molar-refractivity contribution in [3.8, 4) is 0 Å². The maximum atomic E-state index is 12.1. The molecule has 1 aliphatic rings. The number of hydrogen-bond donors (Lipinski definition) is 1. The molecule has 1 fully saturated rings. The van der Waals surface area contributed by atoms with Crippen LogP contribution < -0.4 is 5.32 Å². The Hall–Kier alpha value is -0.910. The predicted octanol–water partition coefficient (Wildman–Crippen LogP) is 1.75. The molecule has 0 saturated heterocycles. The number of benzene rings is 1. The molecule has 1 aliphatic carbocycles. The quantitative estimate of drug-likeness (QED) is 0.865. The van der Waals surface area contributed by atoms with Crippen LogP contribution in [0, 0.1) is 0 Å². The number of rotatable bonds is 6. The molecule has 0 aliphatic heterocycles. The number of nitrogens with one attached hydrogen (secondary N) is 1. The number of hydrogen-bond acceptors (Lipinski definition) is 3. The van der Waals surface area contributed by atoms with Gasteiger partial charge in [0, 0.05) is 26.7 Å². The van der Waals surface area contributed by atoms with E-state index in [2.05, 4.69) is 12.2 Å². The molecule has 0 bridgehead atoms. The SMILES string of the molecule is CCc1ccc(S(=O)(=O)N(C)C)cc1CNC1CC1. The van der Waals surface area contributed by atoms with Gasteiger partial charge in [-0.25, -0.2) is 12.7 Å². The molecule has 4 nitrogen and oxygen atoms in total. The fourth-order valence-corrected chi connectivity index (χ4v) is 2.98. The Balaban J connectivity index is 2.28. The van der Waals surface area contributed by atoms with E-state index in [1.54, 1.807) is 20.2 Å². The highest BCUT2D eigenvalue weighted by molar-refractivity contribution is 7.89. The standard InChI is InChI=1S/C14H22N2O2S/c1-4-11-5-8-14(19(17,18)16(2)3)9-12(11)10-15-13-6-7-13/h5,8-9,13,15H,4,6-7,10H2,1-3H3. The van der Waals surface area contributed by atoms with Crippen molar-refractivity contribution in [2.45, 2.75) is 43.7 Å². The van der Waals surface area contributed by atoms with Gasteiger partial charge in [0.05, 0.1) is 4.90 Å². The van der Waals surface area contributed by atoms with Crippen LogP contribution in [0.25, 0.3) is 0 Å². The third-order valence-corrected chi connectivity index (χ3v) is 5.31. The average molecular weight is 282 g/mol. The first-order valence-corrected chi connectivity index (χ1v) is 8.17. The number of nitrogens with zero attached hydrogens (tertiary/aromatic N) is 1. The maximum absolute atomic E-state index is 12.1. The zero-order chi connectivity index (χ0) is 14.0. The van der Waals surface area contributed by atoms with Crippen LogP contribution in [-0.4, -0.2) is 32.9 Å². The summed E-state index contributed by atoms with van der Waals surface area (Å²) < 4.78 is 25.5.